The molecular formula is C17H30N2. The van der Waals surface area contributed by atoms with E-state index in [4.69, 9.17) is 11.5 Å². The summed E-state index contributed by atoms with van der Waals surface area (Å²) in [7, 11) is 0. The van der Waals surface area contributed by atoms with Gasteiger partial charge < -0.3 is 11.5 Å². The SMILES string of the molecule is CCCC(N)c1cccc(C(N)(C(C)C)C(C)C)c1. The highest BCUT2D eigenvalue weighted by atomic mass is 14.8. The quantitative estimate of drug-likeness (QED) is 0.815. The van der Waals surface area contributed by atoms with E-state index in [1.165, 1.54) is 11.1 Å². The Labute approximate surface area is 118 Å². The van der Waals surface area contributed by atoms with Crippen LogP contribution in [0, 0.1) is 11.8 Å². The molecule has 1 unspecified atom stereocenters. The van der Waals surface area contributed by atoms with Gasteiger partial charge in [-0.25, -0.2) is 0 Å². The molecule has 0 fully saturated rings. The highest BCUT2D eigenvalue weighted by Crippen LogP contribution is 2.35. The van der Waals surface area contributed by atoms with Crippen molar-refractivity contribution in [1.29, 1.82) is 0 Å². The van der Waals surface area contributed by atoms with E-state index >= 15 is 0 Å². The third-order valence-electron chi connectivity index (χ3n) is 4.33. The fraction of sp³-hybridized carbons (Fsp3) is 0.647. The molecule has 0 amide bonds. The zero-order chi connectivity index (χ0) is 14.6. The van der Waals surface area contributed by atoms with Crippen molar-refractivity contribution in [3.8, 4) is 0 Å². The molecule has 108 valence electrons. The number of benzene rings is 1. The van der Waals surface area contributed by atoms with E-state index in [0.29, 0.717) is 11.8 Å². The summed E-state index contributed by atoms with van der Waals surface area (Å²) in [6.45, 7) is 10.9. The molecule has 0 saturated carbocycles. The van der Waals surface area contributed by atoms with E-state index in [1.54, 1.807) is 0 Å². The van der Waals surface area contributed by atoms with E-state index in [2.05, 4.69) is 58.9 Å². The maximum absolute atomic E-state index is 6.71. The third-order valence-corrected chi connectivity index (χ3v) is 4.33. The molecule has 1 atom stereocenters. The first-order valence-corrected chi connectivity index (χ1v) is 7.48. The van der Waals surface area contributed by atoms with Crippen molar-refractivity contribution in [1.82, 2.24) is 0 Å². The molecule has 2 heteroatoms. The first-order valence-electron chi connectivity index (χ1n) is 7.48. The van der Waals surface area contributed by atoms with Gasteiger partial charge in [0, 0.05) is 11.6 Å². The second kappa shape index (κ2) is 6.53. The van der Waals surface area contributed by atoms with Gasteiger partial charge in [-0.05, 0) is 29.4 Å². The summed E-state index contributed by atoms with van der Waals surface area (Å²) in [4.78, 5) is 0. The van der Waals surface area contributed by atoms with Crippen LogP contribution < -0.4 is 11.5 Å². The van der Waals surface area contributed by atoms with Gasteiger partial charge in [0.1, 0.15) is 0 Å². The molecule has 0 aliphatic heterocycles. The fourth-order valence-corrected chi connectivity index (χ4v) is 2.85. The van der Waals surface area contributed by atoms with E-state index in [0.717, 1.165) is 12.8 Å². The van der Waals surface area contributed by atoms with Crippen molar-refractivity contribution in [2.75, 3.05) is 0 Å². The Morgan fingerprint density at radius 1 is 1.11 bits per heavy atom. The largest absolute Gasteiger partial charge is 0.324 e. The minimum atomic E-state index is -0.290. The van der Waals surface area contributed by atoms with Crippen molar-refractivity contribution in [2.45, 2.75) is 59.0 Å². The van der Waals surface area contributed by atoms with Gasteiger partial charge in [-0.2, -0.15) is 0 Å². The Kier molecular flexibility index (Phi) is 5.57. The van der Waals surface area contributed by atoms with Crippen molar-refractivity contribution in [2.24, 2.45) is 23.3 Å². The van der Waals surface area contributed by atoms with Crippen LogP contribution in [0.15, 0.2) is 24.3 Å². The van der Waals surface area contributed by atoms with Crippen LogP contribution >= 0.6 is 0 Å². The van der Waals surface area contributed by atoms with Gasteiger partial charge >= 0.3 is 0 Å². The fourth-order valence-electron chi connectivity index (χ4n) is 2.85. The zero-order valence-corrected chi connectivity index (χ0v) is 13.1. The molecule has 0 saturated heterocycles. The molecule has 4 N–H and O–H groups in total. The second-order valence-corrected chi connectivity index (χ2v) is 6.26. The van der Waals surface area contributed by atoms with E-state index < -0.39 is 0 Å². The number of hydrogen-bond donors (Lipinski definition) is 2. The number of nitrogens with two attached hydrogens (primary N) is 2. The predicted molar refractivity (Wildman–Crippen MR) is 83.8 cm³/mol. The molecule has 0 aromatic heterocycles. The van der Waals surface area contributed by atoms with E-state index in [-0.39, 0.29) is 11.6 Å². The first-order chi connectivity index (χ1) is 8.83. The molecule has 0 bridgehead atoms. The maximum atomic E-state index is 6.71. The molecule has 0 aliphatic carbocycles. The summed E-state index contributed by atoms with van der Waals surface area (Å²) in [6.07, 6.45) is 2.12. The van der Waals surface area contributed by atoms with Gasteiger partial charge in [0.2, 0.25) is 0 Å². The van der Waals surface area contributed by atoms with Gasteiger partial charge in [-0.3, -0.25) is 0 Å². The van der Waals surface area contributed by atoms with Crippen LogP contribution in [0.1, 0.15) is 64.6 Å². The predicted octanol–water partition coefficient (Wildman–Crippen LogP) is 3.95. The maximum Gasteiger partial charge on any atom is 0.0456 e. The van der Waals surface area contributed by atoms with Crippen LogP contribution in [0.4, 0.5) is 0 Å². The molecular weight excluding hydrogens is 232 g/mol. The van der Waals surface area contributed by atoms with Crippen LogP contribution in [0.2, 0.25) is 0 Å². The van der Waals surface area contributed by atoms with E-state index in [1.807, 2.05) is 0 Å². The monoisotopic (exact) mass is 262 g/mol. The Hall–Kier alpha value is -0.860. The summed E-state index contributed by atoms with van der Waals surface area (Å²) >= 11 is 0. The first kappa shape index (κ1) is 16.2. The molecule has 0 aliphatic rings. The lowest BCUT2D eigenvalue weighted by atomic mass is 9.72. The third kappa shape index (κ3) is 3.37. The van der Waals surface area contributed by atoms with Crippen molar-refractivity contribution in [3.63, 3.8) is 0 Å². The Bertz CT molecular complexity index is 388. The summed E-state index contributed by atoms with van der Waals surface area (Å²) in [5.41, 5.74) is 15.1. The van der Waals surface area contributed by atoms with Crippen LogP contribution in [-0.4, -0.2) is 0 Å². The average Bonchev–Trinajstić information content (AvgIpc) is 2.37. The van der Waals surface area contributed by atoms with Gasteiger partial charge in [0.25, 0.3) is 0 Å². The standard InChI is InChI=1S/C17H30N2/c1-6-8-16(18)14-9-7-10-15(11-14)17(19,12(2)3)13(4)5/h7,9-13,16H,6,8,18-19H2,1-5H3. The Morgan fingerprint density at radius 2 is 1.68 bits per heavy atom. The van der Waals surface area contributed by atoms with Crippen LogP contribution in [0.5, 0.6) is 0 Å². The van der Waals surface area contributed by atoms with Crippen LogP contribution in [0.3, 0.4) is 0 Å². The molecule has 1 aromatic carbocycles. The minimum Gasteiger partial charge on any atom is -0.324 e. The molecule has 19 heavy (non-hydrogen) atoms. The van der Waals surface area contributed by atoms with Crippen LogP contribution in [0.25, 0.3) is 0 Å². The van der Waals surface area contributed by atoms with Crippen LogP contribution in [-0.2, 0) is 5.54 Å². The highest BCUT2D eigenvalue weighted by Gasteiger charge is 2.34. The van der Waals surface area contributed by atoms with Gasteiger partial charge in [-0.1, -0.05) is 65.3 Å². The van der Waals surface area contributed by atoms with Crippen molar-refractivity contribution >= 4 is 0 Å². The number of rotatable bonds is 6. The smallest absolute Gasteiger partial charge is 0.0456 e. The van der Waals surface area contributed by atoms with Gasteiger partial charge in [-0.15, -0.1) is 0 Å². The van der Waals surface area contributed by atoms with Crippen molar-refractivity contribution < 1.29 is 0 Å². The summed E-state index contributed by atoms with van der Waals surface area (Å²) < 4.78 is 0. The zero-order valence-electron chi connectivity index (χ0n) is 13.1. The highest BCUT2D eigenvalue weighted by molar-refractivity contribution is 5.32. The number of hydrogen-bond acceptors (Lipinski definition) is 2. The molecule has 0 heterocycles. The lowest BCUT2D eigenvalue weighted by Gasteiger charge is -2.38. The lowest BCUT2D eigenvalue weighted by Crippen LogP contribution is -2.46. The van der Waals surface area contributed by atoms with Crippen molar-refractivity contribution in [3.05, 3.63) is 35.4 Å². The molecule has 0 spiro atoms. The summed E-state index contributed by atoms with van der Waals surface area (Å²) in [5.74, 6) is 0.787. The van der Waals surface area contributed by atoms with E-state index in [9.17, 15) is 0 Å². The molecule has 2 nitrogen and oxygen atoms in total. The topological polar surface area (TPSA) is 52.0 Å². The Balaban J connectivity index is 3.16. The van der Waals surface area contributed by atoms with Gasteiger partial charge in [0.15, 0.2) is 0 Å². The lowest BCUT2D eigenvalue weighted by molar-refractivity contribution is 0.227. The second-order valence-electron chi connectivity index (χ2n) is 6.26. The molecule has 1 aromatic rings. The molecule has 0 radical (unpaired) electrons. The normalized spacial score (nSPS) is 14.2. The summed E-state index contributed by atoms with van der Waals surface area (Å²) in [6, 6.07) is 8.67. The van der Waals surface area contributed by atoms with Gasteiger partial charge in [0.05, 0.1) is 0 Å². The minimum absolute atomic E-state index is 0.119. The average molecular weight is 262 g/mol. The summed E-state index contributed by atoms with van der Waals surface area (Å²) in [5, 5.41) is 0. The Morgan fingerprint density at radius 3 is 2.16 bits per heavy atom. The molecule has 1 rings (SSSR count).